The van der Waals surface area contributed by atoms with E-state index in [0.717, 1.165) is 24.2 Å². The summed E-state index contributed by atoms with van der Waals surface area (Å²) in [6, 6.07) is 5.80. The van der Waals surface area contributed by atoms with E-state index in [1.165, 1.54) is 6.42 Å². The SMILES string of the molecule is Cc1cccc(-c2noc(C3CCCC3CN)n2)n1. The lowest BCUT2D eigenvalue weighted by molar-refractivity contribution is 0.326. The Morgan fingerprint density at radius 3 is 3.00 bits per heavy atom. The van der Waals surface area contributed by atoms with Crippen molar-refractivity contribution in [2.45, 2.75) is 32.1 Å². The largest absolute Gasteiger partial charge is 0.339 e. The molecular weight excluding hydrogens is 240 g/mol. The number of aryl methyl sites for hydroxylation is 1. The number of rotatable bonds is 3. The van der Waals surface area contributed by atoms with Crippen molar-refractivity contribution >= 4 is 0 Å². The molecule has 2 heterocycles. The predicted octanol–water partition coefficient (Wildman–Crippen LogP) is 2.28. The van der Waals surface area contributed by atoms with Gasteiger partial charge in [-0.2, -0.15) is 4.98 Å². The van der Waals surface area contributed by atoms with Crippen LogP contribution >= 0.6 is 0 Å². The van der Waals surface area contributed by atoms with Crippen LogP contribution in [0.5, 0.6) is 0 Å². The third-order valence-electron chi connectivity index (χ3n) is 3.84. The molecule has 5 nitrogen and oxygen atoms in total. The summed E-state index contributed by atoms with van der Waals surface area (Å²) >= 11 is 0. The van der Waals surface area contributed by atoms with Gasteiger partial charge in [0, 0.05) is 11.6 Å². The lowest BCUT2D eigenvalue weighted by atomic mass is 9.96. The molecule has 2 aromatic heterocycles. The molecule has 2 aromatic rings. The number of aromatic nitrogens is 3. The van der Waals surface area contributed by atoms with Crippen molar-refractivity contribution in [1.82, 2.24) is 15.1 Å². The molecule has 0 radical (unpaired) electrons. The molecule has 1 aliphatic rings. The van der Waals surface area contributed by atoms with Gasteiger partial charge in [-0.15, -0.1) is 0 Å². The zero-order valence-electron chi connectivity index (χ0n) is 11.0. The summed E-state index contributed by atoms with van der Waals surface area (Å²) in [4.78, 5) is 8.92. The van der Waals surface area contributed by atoms with Crippen LogP contribution in [0, 0.1) is 12.8 Å². The average molecular weight is 258 g/mol. The van der Waals surface area contributed by atoms with Crippen molar-refractivity contribution < 1.29 is 4.52 Å². The monoisotopic (exact) mass is 258 g/mol. The summed E-state index contributed by atoms with van der Waals surface area (Å²) in [6.07, 6.45) is 3.43. The Labute approximate surface area is 112 Å². The minimum atomic E-state index is 0.316. The predicted molar refractivity (Wildman–Crippen MR) is 71.4 cm³/mol. The third kappa shape index (κ3) is 2.38. The summed E-state index contributed by atoms with van der Waals surface area (Å²) in [5.41, 5.74) is 7.51. The molecule has 2 atom stereocenters. The zero-order chi connectivity index (χ0) is 13.2. The Morgan fingerprint density at radius 2 is 2.21 bits per heavy atom. The lowest BCUT2D eigenvalue weighted by Gasteiger charge is -2.12. The Kier molecular flexibility index (Phi) is 3.29. The van der Waals surface area contributed by atoms with E-state index < -0.39 is 0 Å². The highest BCUT2D eigenvalue weighted by Crippen LogP contribution is 2.38. The van der Waals surface area contributed by atoms with Gasteiger partial charge in [0.05, 0.1) is 0 Å². The highest BCUT2D eigenvalue weighted by Gasteiger charge is 2.32. The normalized spacial score (nSPS) is 22.8. The lowest BCUT2D eigenvalue weighted by Crippen LogP contribution is -2.17. The minimum absolute atomic E-state index is 0.316. The molecule has 3 rings (SSSR count). The summed E-state index contributed by atoms with van der Waals surface area (Å²) in [5.74, 6) is 2.07. The fourth-order valence-corrected chi connectivity index (χ4v) is 2.80. The third-order valence-corrected chi connectivity index (χ3v) is 3.84. The van der Waals surface area contributed by atoms with Crippen LogP contribution in [-0.4, -0.2) is 21.7 Å². The summed E-state index contributed by atoms with van der Waals surface area (Å²) in [5, 5.41) is 4.05. The second-order valence-electron chi connectivity index (χ2n) is 5.15. The molecule has 0 aliphatic heterocycles. The van der Waals surface area contributed by atoms with Crippen molar-refractivity contribution in [3.05, 3.63) is 29.8 Å². The van der Waals surface area contributed by atoms with Crippen LogP contribution in [0.1, 0.15) is 36.8 Å². The molecule has 1 saturated carbocycles. The number of nitrogens with two attached hydrogens (primary N) is 1. The van der Waals surface area contributed by atoms with Gasteiger partial charge in [0.15, 0.2) is 0 Å². The molecule has 1 aliphatic carbocycles. The number of pyridine rings is 1. The van der Waals surface area contributed by atoms with E-state index in [9.17, 15) is 0 Å². The number of nitrogens with zero attached hydrogens (tertiary/aromatic N) is 3. The molecule has 5 heteroatoms. The maximum Gasteiger partial charge on any atom is 0.230 e. The van der Waals surface area contributed by atoms with Gasteiger partial charge in [0.1, 0.15) is 5.69 Å². The van der Waals surface area contributed by atoms with Crippen molar-refractivity contribution in [3.8, 4) is 11.5 Å². The number of hydrogen-bond donors (Lipinski definition) is 1. The first-order chi connectivity index (χ1) is 9.28. The van der Waals surface area contributed by atoms with E-state index in [2.05, 4.69) is 15.1 Å². The molecule has 0 bridgehead atoms. The Balaban J connectivity index is 1.87. The molecular formula is C14H18N4O. The quantitative estimate of drug-likeness (QED) is 0.913. The van der Waals surface area contributed by atoms with Crippen LogP contribution in [0.15, 0.2) is 22.7 Å². The molecule has 1 fully saturated rings. The highest BCUT2D eigenvalue weighted by molar-refractivity contribution is 5.48. The first kappa shape index (κ1) is 12.3. The van der Waals surface area contributed by atoms with Crippen LogP contribution in [0.2, 0.25) is 0 Å². The summed E-state index contributed by atoms with van der Waals surface area (Å²) < 4.78 is 5.42. The first-order valence-electron chi connectivity index (χ1n) is 6.75. The first-order valence-corrected chi connectivity index (χ1v) is 6.75. The molecule has 19 heavy (non-hydrogen) atoms. The maximum atomic E-state index is 5.80. The van der Waals surface area contributed by atoms with E-state index in [0.29, 0.717) is 30.1 Å². The molecule has 0 amide bonds. The Bertz CT molecular complexity index is 566. The van der Waals surface area contributed by atoms with Gasteiger partial charge in [-0.25, -0.2) is 4.98 Å². The van der Waals surface area contributed by atoms with Gasteiger partial charge < -0.3 is 10.3 Å². The van der Waals surface area contributed by atoms with Gasteiger partial charge >= 0.3 is 0 Å². The van der Waals surface area contributed by atoms with Crippen LogP contribution in [-0.2, 0) is 0 Å². The molecule has 0 saturated heterocycles. The molecule has 100 valence electrons. The maximum absolute atomic E-state index is 5.80. The molecule has 0 spiro atoms. The van der Waals surface area contributed by atoms with Gasteiger partial charge in [0.25, 0.3) is 0 Å². The van der Waals surface area contributed by atoms with Crippen molar-refractivity contribution in [3.63, 3.8) is 0 Å². The van der Waals surface area contributed by atoms with E-state index in [1.54, 1.807) is 0 Å². The van der Waals surface area contributed by atoms with Crippen LogP contribution in [0.4, 0.5) is 0 Å². The van der Waals surface area contributed by atoms with Crippen LogP contribution < -0.4 is 5.73 Å². The zero-order valence-corrected chi connectivity index (χ0v) is 11.0. The van der Waals surface area contributed by atoms with E-state index >= 15 is 0 Å². The Morgan fingerprint density at radius 1 is 1.32 bits per heavy atom. The summed E-state index contributed by atoms with van der Waals surface area (Å²) in [6.45, 7) is 2.64. The molecule has 2 unspecified atom stereocenters. The van der Waals surface area contributed by atoms with Gasteiger partial charge in [-0.1, -0.05) is 17.6 Å². The fourth-order valence-electron chi connectivity index (χ4n) is 2.80. The van der Waals surface area contributed by atoms with E-state index in [1.807, 2.05) is 25.1 Å². The molecule has 0 aromatic carbocycles. The highest BCUT2D eigenvalue weighted by atomic mass is 16.5. The average Bonchev–Trinajstić information content (AvgIpc) is 3.07. The van der Waals surface area contributed by atoms with Gasteiger partial charge in [-0.05, 0) is 44.4 Å². The van der Waals surface area contributed by atoms with E-state index in [4.69, 9.17) is 10.3 Å². The smallest absolute Gasteiger partial charge is 0.230 e. The van der Waals surface area contributed by atoms with Gasteiger partial charge in [-0.3, -0.25) is 0 Å². The standard InChI is InChI=1S/C14H18N4O/c1-9-4-2-7-12(16-9)13-17-14(19-18-13)11-6-3-5-10(11)8-15/h2,4,7,10-11H,3,5-6,8,15H2,1H3. The van der Waals surface area contributed by atoms with E-state index in [-0.39, 0.29) is 0 Å². The molecule has 2 N–H and O–H groups in total. The van der Waals surface area contributed by atoms with Crippen molar-refractivity contribution in [2.24, 2.45) is 11.7 Å². The van der Waals surface area contributed by atoms with Crippen LogP contribution in [0.25, 0.3) is 11.5 Å². The van der Waals surface area contributed by atoms with Crippen LogP contribution in [0.3, 0.4) is 0 Å². The van der Waals surface area contributed by atoms with Gasteiger partial charge in [0.2, 0.25) is 11.7 Å². The fraction of sp³-hybridized carbons (Fsp3) is 0.500. The second kappa shape index (κ2) is 5.09. The summed E-state index contributed by atoms with van der Waals surface area (Å²) in [7, 11) is 0. The number of hydrogen-bond acceptors (Lipinski definition) is 5. The topological polar surface area (TPSA) is 77.8 Å². The van der Waals surface area contributed by atoms with Crippen molar-refractivity contribution in [2.75, 3.05) is 6.54 Å². The Hall–Kier alpha value is -1.75. The second-order valence-corrected chi connectivity index (χ2v) is 5.15. The van der Waals surface area contributed by atoms with Crippen molar-refractivity contribution in [1.29, 1.82) is 0 Å². The minimum Gasteiger partial charge on any atom is -0.339 e.